The molecular formula is C62H39N5O2. The van der Waals surface area contributed by atoms with E-state index in [1.54, 1.807) is 0 Å². The summed E-state index contributed by atoms with van der Waals surface area (Å²) in [5.74, 6) is 1.22. The van der Waals surface area contributed by atoms with Gasteiger partial charge in [0.05, 0.1) is 22.1 Å². The molecule has 10 aromatic carbocycles. The van der Waals surface area contributed by atoms with Crippen LogP contribution >= 0.6 is 0 Å². The Bertz CT molecular complexity index is 3940. The summed E-state index contributed by atoms with van der Waals surface area (Å²) in [6.45, 7) is 0. The molecule has 0 saturated heterocycles. The molecule has 0 N–H and O–H groups in total. The van der Waals surface area contributed by atoms with Crippen LogP contribution in [0.15, 0.2) is 245 Å². The minimum atomic E-state index is 0.612. The van der Waals surface area contributed by atoms with Gasteiger partial charge in [0, 0.05) is 61.1 Å². The van der Waals surface area contributed by atoms with Crippen LogP contribution in [0.4, 0.5) is 17.1 Å². The molecule has 0 unspecified atom stereocenters. The standard InChI is InChI=1S/C62H39N5O2/c1-2-12-40(13-3-1)41-22-28-44(29-23-41)65(47-34-36-57-51(38-47)49-14-4-8-18-55(49)66(57)45-30-24-42(25-31-45)61-63-53-16-6-10-20-59(53)68-61)48-35-37-58-52(39-48)50-15-5-9-19-56(50)67(58)46-32-26-43(27-33-46)62-64-54-17-7-11-21-60(54)69-62/h1-39H. The van der Waals surface area contributed by atoms with Crippen molar-refractivity contribution < 1.29 is 8.83 Å². The highest BCUT2D eigenvalue weighted by molar-refractivity contribution is 6.12. The van der Waals surface area contributed by atoms with Gasteiger partial charge in [0.15, 0.2) is 11.2 Å². The van der Waals surface area contributed by atoms with Crippen LogP contribution in [0.1, 0.15) is 0 Å². The lowest BCUT2D eigenvalue weighted by Gasteiger charge is -2.26. The molecule has 0 atom stereocenters. The van der Waals surface area contributed by atoms with Crippen molar-refractivity contribution >= 4 is 82.9 Å². The van der Waals surface area contributed by atoms with Crippen molar-refractivity contribution in [2.75, 3.05) is 4.90 Å². The zero-order valence-electron chi connectivity index (χ0n) is 37.1. The number of anilines is 3. The summed E-state index contributed by atoms with van der Waals surface area (Å²) in [5, 5.41) is 4.68. The lowest BCUT2D eigenvalue weighted by Crippen LogP contribution is -2.10. The zero-order valence-corrected chi connectivity index (χ0v) is 37.1. The summed E-state index contributed by atoms with van der Waals surface area (Å²) < 4.78 is 17.0. The maximum Gasteiger partial charge on any atom is 0.227 e. The predicted molar refractivity (Wildman–Crippen MR) is 281 cm³/mol. The number of benzene rings is 10. The SMILES string of the molecule is c1ccc(-c2ccc(N(c3ccc4c(c3)c3ccccc3n4-c3ccc(-c4nc5ccccc5o4)cc3)c3ccc4c(c3)c3ccccc3n4-c3ccc(-c4nc5ccccc5o4)cc3)cc2)cc1. The Hall–Kier alpha value is -9.46. The Morgan fingerprint density at radius 3 is 1.19 bits per heavy atom. The number of hydrogen-bond acceptors (Lipinski definition) is 5. The van der Waals surface area contributed by atoms with Gasteiger partial charge in [0.1, 0.15) is 11.0 Å². The van der Waals surface area contributed by atoms with E-state index in [0.717, 1.165) is 94.6 Å². The van der Waals surface area contributed by atoms with Gasteiger partial charge in [-0.05, 0) is 145 Å². The molecule has 4 aromatic heterocycles. The molecule has 0 aliphatic carbocycles. The Morgan fingerprint density at radius 2 is 0.696 bits per heavy atom. The topological polar surface area (TPSA) is 65.2 Å². The molecule has 69 heavy (non-hydrogen) atoms. The number of oxazole rings is 2. The third-order valence-electron chi connectivity index (χ3n) is 13.4. The van der Waals surface area contributed by atoms with Crippen molar-refractivity contribution in [1.29, 1.82) is 0 Å². The molecular weight excluding hydrogens is 847 g/mol. The van der Waals surface area contributed by atoms with Gasteiger partial charge in [-0.1, -0.05) is 103 Å². The van der Waals surface area contributed by atoms with Gasteiger partial charge >= 0.3 is 0 Å². The lowest BCUT2D eigenvalue weighted by molar-refractivity contribution is 0.619. The fourth-order valence-electron chi connectivity index (χ4n) is 10.1. The molecule has 14 rings (SSSR count). The zero-order chi connectivity index (χ0) is 45.4. The van der Waals surface area contributed by atoms with E-state index in [1.165, 1.54) is 21.9 Å². The summed E-state index contributed by atoms with van der Waals surface area (Å²) >= 11 is 0. The Balaban J connectivity index is 0.897. The van der Waals surface area contributed by atoms with Gasteiger partial charge in [0.25, 0.3) is 0 Å². The maximum absolute atomic E-state index is 6.13. The second-order valence-electron chi connectivity index (χ2n) is 17.4. The van der Waals surface area contributed by atoms with Crippen molar-refractivity contribution in [3.8, 4) is 45.4 Å². The molecule has 0 radical (unpaired) electrons. The van der Waals surface area contributed by atoms with Crippen LogP contribution in [-0.4, -0.2) is 19.1 Å². The molecule has 0 fully saturated rings. The number of para-hydroxylation sites is 6. The highest BCUT2D eigenvalue weighted by Crippen LogP contribution is 2.43. The van der Waals surface area contributed by atoms with E-state index in [-0.39, 0.29) is 0 Å². The third-order valence-corrected chi connectivity index (χ3v) is 13.4. The van der Waals surface area contributed by atoms with Gasteiger partial charge < -0.3 is 22.9 Å². The fraction of sp³-hybridized carbons (Fsp3) is 0. The highest BCUT2D eigenvalue weighted by Gasteiger charge is 2.21. The molecule has 4 heterocycles. The Morgan fingerprint density at radius 1 is 0.304 bits per heavy atom. The number of rotatable bonds is 8. The molecule has 324 valence electrons. The summed E-state index contributed by atoms with van der Waals surface area (Å²) in [6, 6.07) is 83.3. The van der Waals surface area contributed by atoms with Gasteiger partial charge in [-0.15, -0.1) is 0 Å². The molecule has 0 aliphatic heterocycles. The van der Waals surface area contributed by atoms with Gasteiger partial charge in [0.2, 0.25) is 11.8 Å². The molecule has 0 amide bonds. The summed E-state index contributed by atoms with van der Waals surface area (Å²) in [7, 11) is 0. The largest absolute Gasteiger partial charge is 0.436 e. The second kappa shape index (κ2) is 15.6. The molecule has 0 bridgehead atoms. The molecule has 7 nitrogen and oxygen atoms in total. The maximum atomic E-state index is 6.13. The summed E-state index contributed by atoms with van der Waals surface area (Å²) in [5.41, 5.74) is 17.3. The third kappa shape index (κ3) is 6.43. The number of hydrogen-bond donors (Lipinski definition) is 0. The molecule has 0 aliphatic rings. The first-order valence-electron chi connectivity index (χ1n) is 23.1. The van der Waals surface area contributed by atoms with Gasteiger partial charge in [-0.25, -0.2) is 9.97 Å². The second-order valence-corrected chi connectivity index (χ2v) is 17.4. The number of fused-ring (bicyclic) bond motifs is 8. The van der Waals surface area contributed by atoms with Crippen LogP contribution < -0.4 is 4.90 Å². The molecule has 14 aromatic rings. The van der Waals surface area contributed by atoms with Gasteiger partial charge in [-0.3, -0.25) is 0 Å². The molecule has 0 spiro atoms. The van der Waals surface area contributed by atoms with Crippen LogP contribution in [0, 0.1) is 0 Å². The average molecular weight is 886 g/mol. The number of nitrogens with zero attached hydrogens (tertiary/aromatic N) is 5. The first-order valence-corrected chi connectivity index (χ1v) is 23.1. The Labute approximate surface area is 396 Å². The number of aromatic nitrogens is 4. The quantitative estimate of drug-likeness (QED) is 0.152. The van der Waals surface area contributed by atoms with Crippen LogP contribution in [0.5, 0.6) is 0 Å². The van der Waals surface area contributed by atoms with Crippen molar-refractivity contribution in [3.05, 3.63) is 237 Å². The summed E-state index contributed by atoms with van der Waals surface area (Å²) in [4.78, 5) is 11.9. The minimum Gasteiger partial charge on any atom is -0.436 e. The van der Waals surface area contributed by atoms with Crippen molar-refractivity contribution in [1.82, 2.24) is 19.1 Å². The van der Waals surface area contributed by atoms with E-state index in [9.17, 15) is 0 Å². The van der Waals surface area contributed by atoms with Crippen LogP contribution in [0.25, 0.3) is 111 Å². The normalized spacial score (nSPS) is 11.8. The lowest BCUT2D eigenvalue weighted by atomic mass is 10.0. The monoisotopic (exact) mass is 885 g/mol. The van der Waals surface area contributed by atoms with E-state index in [4.69, 9.17) is 18.8 Å². The minimum absolute atomic E-state index is 0.612. The van der Waals surface area contributed by atoms with Crippen LogP contribution in [0.3, 0.4) is 0 Å². The molecule has 0 saturated carbocycles. The first-order chi connectivity index (χ1) is 34.2. The van der Waals surface area contributed by atoms with E-state index in [0.29, 0.717) is 11.8 Å². The van der Waals surface area contributed by atoms with Crippen molar-refractivity contribution in [2.45, 2.75) is 0 Å². The average Bonchev–Trinajstić information content (AvgIpc) is 4.20. The summed E-state index contributed by atoms with van der Waals surface area (Å²) in [6.07, 6.45) is 0. The van der Waals surface area contributed by atoms with E-state index < -0.39 is 0 Å². The first kappa shape index (κ1) is 38.8. The van der Waals surface area contributed by atoms with E-state index in [2.05, 4.69) is 202 Å². The fourth-order valence-corrected chi connectivity index (χ4v) is 10.1. The van der Waals surface area contributed by atoms with Crippen molar-refractivity contribution in [3.63, 3.8) is 0 Å². The van der Waals surface area contributed by atoms with Crippen LogP contribution in [0.2, 0.25) is 0 Å². The molecule has 7 heteroatoms. The van der Waals surface area contributed by atoms with E-state index in [1.807, 2.05) is 48.5 Å². The smallest absolute Gasteiger partial charge is 0.227 e. The van der Waals surface area contributed by atoms with Gasteiger partial charge in [-0.2, -0.15) is 0 Å². The van der Waals surface area contributed by atoms with E-state index >= 15 is 0 Å². The Kier molecular flexibility index (Phi) is 8.75. The highest BCUT2D eigenvalue weighted by atomic mass is 16.4. The predicted octanol–water partition coefficient (Wildman–Crippen LogP) is 16.6. The van der Waals surface area contributed by atoms with Crippen LogP contribution in [-0.2, 0) is 0 Å². The van der Waals surface area contributed by atoms with Crippen molar-refractivity contribution in [2.24, 2.45) is 0 Å².